The predicted octanol–water partition coefficient (Wildman–Crippen LogP) is 4.58. The molecular formula is C14H19BrClN3. The third-order valence-corrected chi connectivity index (χ3v) is 4.39. The summed E-state index contributed by atoms with van der Waals surface area (Å²) < 4.78 is 3.21. The highest BCUT2D eigenvalue weighted by Gasteiger charge is 2.20. The van der Waals surface area contributed by atoms with Gasteiger partial charge >= 0.3 is 0 Å². The maximum absolute atomic E-state index is 5.90. The van der Waals surface area contributed by atoms with Crippen LogP contribution in [-0.4, -0.2) is 20.4 Å². The molecule has 3 nitrogen and oxygen atoms in total. The van der Waals surface area contributed by atoms with Crippen molar-refractivity contribution in [1.29, 1.82) is 0 Å². The zero-order chi connectivity index (χ0) is 14.0. The number of pyridine rings is 1. The minimum absolute atomic E-state index is 0.377. The van der Waals surface area contributed by atoms with E-state index in [2.05, 4.69) is 51.2 Å². The highest BCUT2D eigenvalue weighted by Crippen LogP contribution is 2.28. The Hall–Kier alpha value is -0.610. The van der Waals surface area contributed by atoms with Gasteiger partial charge in [0.1, 0.15) is 11.3 Å². The minimum Gasteiger partial charge on any atom is -0.310 e. The standard InChI is InChI=1S/C14H19BrClN3/c1-4-9(2)10(3)19-13(5-6-16)18-12-7-11(15)8-17-14(12)19/h7-10H,4-6H2,1-3H3. The van der Waals surface area contributed by atoms with Gasteiger partial charge in [0.25, 0.3) is 0 Å². The van der Waals surface area contributed by atoms with E-state index in [1.807, 2.05) is 12.3 Å². The van der Waals surface area contributed by atoms with Gasteiger partial charge in [0, 0.05) is 29.0 Å². The van der Waals surface area contributed by atoms with Crippen LogP contribution in [0.25, 0.3) is 11.2 Å². The lowest BCUT2D eigenvalue weighted by Gasteiger charge is -2.22. The minimum atomic E-state index is 0.377. The molecule has 0 radical (unpaired) electrons. The lowest BCUT2D eigenvalue weighted by atomic mass is 10.0. The Morgan fingerprint density at radius 1 is 1.42 bits per heavy atom. The maximum atomic E-state index is 5.90. The third-order valence-electron chi connectivity index (χ3n) is 3.76. The Bertz CT molecular complexity index is 567. The highest BCUT2D eigenvalue weighted by molar-refractivity contribution is 9.10. The molecule has 0 bridgehead atoms. The second kappa shape index (κ2) is 6.23. The second-order valence-electron chi connectivity index (χ2n) is 4.96. The number of imidazole rings is 1. The number of hydrogen-bond acceptors (Lipinski definition) is 2. The van der Waals surface area contributed by atoms with Crippen molar-refractivity contribution >= 4 is 38.7 Å². The molecule has 0 aliphatic rings. The fourth-order valence-electron chi connectivity index (χ4n) is 2.29. The summed E-state index contributed by atoms with van der Waals surface area (Å²) in [5, 5.41) is 0. The SMILES string of the molecule is CCC(C)C(C)n1c(CCCl)nc2cc(Br)cnc21. The summed E-state index contributed by atoms with van der Waals surface area (Å²) in [5.41, 5.74) is 1.89. The Morgan fingerprint density at radius 2 is 2.16 bits per heavy atom. The van der Waals surface area contributed by atoms with E-state index in [9.17, 15) is 0 Å². The van der Waals surface area contributed by atoms with E-state index in [0.29, 0.717) is 17.8 Å². The molecule has 0 amide bonds. The number of aromatic nitrogens is 3. The maximum Gasteiger partial charge on any atom is 0.160 e. The Labute approximate surface area is 127 Å². The molecule has 0 fully saturated rings. The number of alkyl halides is 1. The first-order chi connectivity index (χ1) is 9.08. The van der Waals surface area contributed by atoms with Crippen LogP contribution in [-0.2, 0) is 6.42 Å². The van der Waals surface area contributed by atoms with Crippen molar-refractivity contribution in [2.24, 2.45) is 5.92 Å². The van der Waals surface area contributed by atoms with Crippen LogP contribution in [0.5, 0.6) is 0 Å². The van der Waals surface area contributed by atoms with Crippen LogP contribution in [0.2, 0.25) is 0 Å². The van der Waals surface area contributed by atoms with Gasteiger partial charge in [-0.05, 0) is 34.8 Å². The molecule has 2 heterocycles. The Kier molecular flexibility index (Phi) is 4.85. The lowest BCUT2D eigenvalue weighted by Crippen LogP contribution is -2.17. The van der Waals surface area contributed by atoms with Gasteiger partial charge in [0.2, 0.25) is 0 Å². The first-order valence-corrected chi connectivity index (χ1v) is 7.99. The van der Waals surface area contributed by atoms with Crippen molar-refractivity contribution in [1.82, 2.24) is 14.5 Å². The smallest absolute Gasteiger partial charge is 0.160 e. The number of aryl methyl sites for hydroxylation is 1. The molecule has 5 heteroatoms. The fraction of sp³-hybridized carbons (Fsp3) is 0.571. The monoisotopic (exact) mass is 343 g/mol. The van der Waals surface area contributed by atoms with Crippen molar-refractivity contribution in [2.75, 3.05) is 5.88 Å². The zero-order valence-corrected chi connectivity index (χ0v) is 13.9. The van der Waals surface area contributed by atoms with E-state index in [1.165, 1.54) is 0 Å². The Balaban J connectivity index is 2.57. The molecule has 0 aliphatic heterocycles. The summed E-state index contributed by atoms with van der Waals surface area (Å²) in [5.74, 6) is 2.19. The summed E-state index contributed by atoms with van der Waals surface area (Å²) in [6.45, 7) is 6.71. The summed E-state index contributed by atoms with van der Waals surface area (Å²) in [4.78, 5) is 9.22. The number of rotatable bonds is 5. The number of hydrogen-bond donors (Lipinski definition) is 0. The largest absolute Gasteiger partial charge is 0.310 e. The van der Waals surface area contributed by atoms with E-state index in [1.54, 1.807) is 0 Å². The molecule has 0 N–H and O–H groups in total. The quantitative estimate of drug-likeness (QED) is 0.743. The molecule has 0 saturated heterocycles. The molecular weight excluding hydrogens is 326 g/mol. The van der Waals surface area contributed by atoms with Crippen molar-refractivity contribution in [3.63, 3.8) is 0 Å². The van der Waals surface area contributed by atoms with Crippen LogP contribution in [0.15, 0.2) is 16.7 Å². The predicted molar refractivity (Wildman–Crippen MR) is 83.8 cm³/mol. The third kappa shape index (κ3) is 2.95. The molecule has 2 atom stereocenters. The normalized spacial score (nSPS) is 14.8. The average Bonchev–Trinajstić information content (AvgIpc) is 2.74. The molecule has 0 aliphatic carbocycles. The van der Waals surface area contributed by atoms with Crippen LogP contribution >= 0.6 is 27.5 Å². The van der Waals surface area contributed by atoms with Gasteiger partial charge in [-0.2, -0.15) is 0 Å². The van der Waals surface area contributed by atoms with Crippen LogP contribution in [0, 0.1) is 5.92 Å². The van der Waals surface area contributed by atoms with Crippen LogP contribution < -0.4 is 0 Å². The number of nitrogens with zero attached hydrogens (tertiary/aromatic N) is 3. The van der Waals surface area contributed by atoms with E-state index >= 15 is 0 Å². The van der Waals surface area contributed by atoms with Crippen molar-refractivity contribution < 1.29 is 0 Å². The van der Waals surface area contributed by atoms with Gasteiger partial charge in [0.05, 0.1) is 0 Å². The first kappa shape index (κ1) is 14.8. The summed E-state index contributed by atoms with van der Waals surface area (Å²) >= 11 is 9.35. The molecule has 19 heavy (non-hydrogen) atoms. The van der Waals surface area contributed by atoms with Gasteiger partial charge in [0.15, 0.2) is 5.65 Å². The number of fused-ring (bicyclic) bond motifs is 1. The molecule has 104 valence electrons. The van der Waals surface area contributed by atoms with Gasteiger partial charge in [-0.1, -0.05) is 20.3 Å². The van der Waals surface area contributed by atoms with E-state index in [0.717, 1.165) is 34.3 Å². The fourth-order valence-corrected chi connectivity index (χ4v) is 2.78. The molecule has 2 rings (SSSR count). The summed E-state index contributed by atoms with van der Waals surface area (Å²) in [6.07, 6.45) is 3.74. The van der Waals surface area contributed by atoms with E-state index in [-0.39, 0.29) is 0 Å². The van der Waals surface area contributed by atoms with Gasteiger partial charge in [-0.25, -0.2) is 9.97 Å². The van der Waals surface area contributed by atoms with E-state index < -0.39 is 0 Å². The van der Waals surface area contributed by atoms with Crippen LogP contribution in [0.4, 0.5) is 0 Å². The molecule has 0 aromatic carbocycles. The lowest BCUT2D eigenvalue weighted by molar-refractivity contribution is 0.368. The summed E-state index contributed by atoms with van der Waals surface area (Å²) in [6, 6.07) is 2.39. The first-order valence-electron chi connectivity index (χ1n) is 6.66. The topological polar surface area (TPSA) is 30.7 Å². The second-order valence-corrected chi connectivity index (χ2v) is 6.25. The molecule has 2 unspecified atom stereocenters. The van der Waals surface area contributed by atoms with Gasteiger partial charge in [-0.3, -0.25) is 0 Å². The molecule has 0 saturated carbocycles. The van der Waals surface area contributed by atoms with Crippen molar-refractivity contribution in [3.05, 3.63) is 22.6 Å². The van der Waals surface area contributed by atoms with Crippen molar-refractivity contribution in [2.45, 2.75) is 39.7 Å². The van der Waals surface area contributed by atoms with Crippen LogP contribution in [0.1, 0.15) is 39.1 Å². The van der Waals surface area contributed by atoms with Crippen LogP contribution in [0.3, 0.4) is 0 Å². The number of halogens is 2. The Morgan fingerprint density at radius 3 is 2.79 bits per heavy atom. The van der Waals surface area contributed by atoms with Crippen molar-refractivity contribution in [3.8, 4) is 0 Å². The summed E-state index contributed by atoms with van der Waals surface area (Å²) in [7, 11) is 0. The molecule has 0 spiro atoms. The zero-order valence-electron chi connectivity index (χ0n) is 11.5. The van der Waals surface area contributed by atoms with Gasteiger partial charge < -0.3 is 4.57 Å². The molecule has 2 aromatic heterocycles. The molecule has 2 aromatic rings. The highest BCUT2D eigenvalue weighted by atomic mass is 79.9. The average molecular weight is 345 g/mol. The van der Waals surface area contributed by atoms with E-state index in [4.69, 9.17) is 11.6 Å². The van der Waals surface area contributed by atoms with Gasteiger partial charge in [-0.15, -0.1) is 11.6 Å².